The molecule has 0 bridgehead atoms. The number of piperazine rings is 1. The average molecular weight is 320 g/mol. The van der Waals surface area contributed by atoms with Crippen LogP contribution < -0.4 is 4.90 Å². The number of anilines is 1. The minimum Gasteiger partial charge on any atom is -0.424 e. The molecule has 0 spiro atoms. The zero-order valence-electron chi connectivity index (χ0n) is 12.7. The Morgan fingerprint density at radius 2 is 1.87 bits per heavy atom. The summed E-state index contributed by atoms with van der Waals surface area (Å²) in [6.45, 7) is 3.55. The molecular weight excluding hydrogens is 302 g/mol. The smallest absolute Gasteiger partial charge is 0.230 e. The van der Waals surface area contributed by atoms with Crippen molar-refractivity contribution in [2.75, 3.05) is 31.1 Å². The average Bonchev–Trinajstić information content (AvgIpc) is 3.29. The van der Waals surface area contributed by atoms with E-state index in [0.717, 1.165) is 37.9 Å². The van der Waals surface area contributed by atoms with E-state index < -0.39 is 11.6 Å². The molecule has 0 N–H and O–H groups in total. The quantitative estimate of drug-likeness (QED) is 0.866. The molecule has 2 aliphatic rings. The van der Waals surface area contributed by atoms with Gasteiger partial charge in [-0.2, -0.15) is 0 Å². The number of hydrogen-bond donors (Lipinski definition) is 0. The van der Waals surface area contributed by atoms with Gasteiger partial charge in [0, 0.05) is 38.2 Å². The van der Waals surface area contributed by atoms with Gasteiger partial charge in [0.15, 0.2) is 0 Å². The van der Waals surface area contributed by atoms with E-state index in [1.165, 1.54) is 12.1 Å². The summed E-state index contributed by atoms with van der Waals surface area (Å²) < 4.78 is 32.5. The van der Waals surface area contributed by atoms with Crippen LogP contribution in [0.25, 0.3) is 0 Å². The third-order valence-corrected chi connectivity index (χ3v) is 4.39. The van der Waals surface area contributed by atoms with Gasteiger partial charge in [-0.15, -0.1) is 10.2 Å². The molecule has 0 amide bonds. The van der Waals surface area contributed by atoms with Crippen LogP contribution >= 0.6 is 0 Å². The van der Waals surface area contributed by atoms with Crippen molar-refractivity contribution in [2.24, 2.45) is 0 Å². The van der Waals surface area contributed by atoms with E-state index in [-0.39, 0.29) is 0 Å². The van der Waals surface area contributed by atoms with Crippen LogP contribution in [-0.4, -0.2) is 41.3 Å². The van der Waals surface area contributed by atoms with Crippen LogP contribution in [-0.2, 0) is 6.54 Å². The molecule has 1 saturated carbocycles. The van der Waals surface area contributed by atoms with Crippen molar-refractivity contribution in [3.8, 4) is 0 Å². The number of nitrogens with zero attached hydrogens (tertiary/aromatic N) is 4. The van der Waals surface area contributed by atoms with Crippen LogP contribution in [0.4, 0.5) is 14.5 Å². The van der Waals surface area contributed by atoms with Gasteiger partial charge < -0.3 is 9.32 Å². The highest BCUT2D eigenvalue weighted by Gasteiger charge is 2.30. The molecule has 2 heterocycles. The SMILES string of the molecule is Fc1ccc(N2CCN(Cc3nnc(C4CC4)o3)CC2)c(F)c1. The Morgan fingerprint density at radius 1 is 1.09 bits per heavy atom. The van der Waals surface area contributed by atoms with Gasteiger partial charge in [-0.25, -0.2) is 8.78 Å². The fourth-order valence-electron chi connectivity index (χ4n) is 2.90. The first-order valence-electron chi connectivity index (χ1n) is 7.93. The number of rotatable bonds is 4. The van der Waals surface area contributed by atoms with Crippen molar-refractivity contribution in [1.82, 2.24) is 15.1 Å². The van der Waals surface area contributed by atoms with E-state index in [0.29, 0.717) is 37.1 Å². The fourth-order valence-corrected chi connectivity index (χ4v) is 2.90. The van der Waals surface area contributed by atoms with Gasteiger partial charge >= 0.3 is 0 Å². The van der Waals surface area contributed by atoms with Gasteiger partial charge in [0.05, 0.1) is 12.2 Å². The number of benzene rings is 1. The molecule has 4 rings (SSSR count). The van der Waals surface area contributed by atoms with Crippen molar-refractivity contribution in [3.63, 3.8) is 0 Å². The third-order valence-electron chi connectivity index (χ3n) is 4.39. The Bertz CT molecular complexity index is 693. The molecule has 1 saturated heterocycles. The van der Waals surface area contributed by atoms with E-state index in [2.05, 4.69) is 15.1 Å². The molecule has 23 heavy (non-hydrogen) atoms. The second kappa shape index (κ2) is 5.88. The molecular formula is C16H18F2N4O. The molecule has 1 aliphatic carbocycles. The summed E-state index contributed by atoms with van der Waals surface area (Å²) in [5, 5.41) is 8.19. The fraction of sp³-hybridized carbons (Fsp3) is 0.500. The Labute approximate surface area is 132 Å². The van der Waals surface area contributed by atoms with E-state index in [9.17, 15) is 8.78 Å². The molecule has 7 heteroatoms. The van der Waals surface area contributed by atoms with Gasteiger partial charge in [0.2, 0.25) is 11.8 Å². The molecule has 1 aromatic heterocycles. The minimum absolute atomic E-state index is 0.458. The lowest BCUT2D eigenvalue weighted by atomic mass is 10.2. The van der Waals surface area contributed by atoms with Crippen LogP contribution in [0.5, 0.6) is 0 Å². The second-order valence-corrected chi connectivity index (χ2v) is 6.17. The predicted octanol–water partition coefficient (Wildman–Crippen LogP) is 2.55. The Kier molecular flexibility index (Phi) is 3.72. The number of aromatic nitrogens is 2. The molecule has 1 aliphatic heterocycles. The topological polar surface area (TPSA) is 45.4 Å². The van der Waals surface area contributed by atoms with Crippen LogP contribution in [0.1, 0.15) is 30.5 Å². The lowest BCUT2D eigenvalue weighted by molar-refractivity contribution is 0.223. The van der Waals surface area contributed by atoms with Crippen molar-refractivity contribution in [3.05, 3.63) is 41.6 Å². The first-order valence-corrected chi connectivity index (χ1v) is 7.93. The lowest BCUT2D eigenvalue weighted by Gasteiger charge is -2.35. The summed E-state index contributed by atoms with van der Waals surface area (Å²) in [4.78, 5) is 4.15. The molecule has 5 nitrogen and oxygen atoms in total. The Morgan fingerprint density at radius 3 is 2.57 bits per heavy atom. The normalized spacial score (nSPS) is 19.3. The van der Waals surface area contributed by atoms with Crippen molar-refractivity contribution < 1.29 is 13.2 Å². The molecule has 2 aromatic rings. The maximum absolute atomic E-state index is 13.8. The Hall–Kier alpha value is -2.02. The standard InChI is InChI=1S/C16H18F2N4O/c17-12-3-4-14(13(18)9-12)22-7-5-21(6-8-22)10-15-19-20-16(23-15)11-1-2-11/h3-4,9,11H,1-2,5-8,10H2. The predicted molar refractivity (Wildman–Crippen MR) is 80.1 cm³/mol. The van der Waals surface area contributed by atoms with Crippen molar-refractivity contribution >= 4 is 5.69 Å². The van der Waals surface area contributed by atoms with Gasteiger partial charge in [-0.3, -0.25) is 4.90 Å². The monoisotopic (exact) mass is 320 g/mol. The second-order valence-electron chi connectivity index (χ2n) is 6.17. The first-order chi connectivity index (χ1) is 11.2. The van der Waals surface area contributed by atoms with E-state index in [1.54, 1.807) is 0 Å². The summed E-state index contributed by atoms with van der Waals surface area (Å²) in [7, 11) is 0. The highest BCUT2D eigenvalue weighted by atomic mass is 19.1. The maximum Gasteiger partial charge on any atom is 0.230 e. The van der Waals surface area contributed by atoms with Gasteiger partial charge in [0.1, 0.15) is 11.6 Å². The molecule has 0 radical (unpaired) electrons. The van der Waals surface area contributed by atoms with Crippen LogP contribution in [0, 0.1) is 11.6 Å². The summed E-state index contributed by atoms with van der Waals surface area (Å²) >= 11 is 0. The largest absolute Gasteiger partial charge is 0.424 e. The van der Waals surface area contributed by atoms with Crippen LogP contribution in [0.2, 0.25) is 0 Å². The lowest BCUT2D eigenvalue weighted by Crippen LogP contribution is -2.46. The number of halogens is 2. The molecule has 0 unspecified atom stereocenters. The molecule has 122 valence electrons. The highest BCUT2D eigenvalue weighted by Crippen LogP contribution is 2.39. The molecule has 1 aromatic carbocycles. The van der Waals surface area contributed by atoms with Crippen LogP contribution in [0.3, 0.4) is 0 Å². The van der Waals surface area contributed by atoms with Crippen molar-refractivity contribution in [2.45, 2.75) is 25.3 Å². The first kappa shape index (κ1) is 14.6. The van der Waals surface area contributed by atoms with E-state index >= 15 is 0 Å². The van der Waals surface area contributed by atoms with Gasteiger partial charge in [-0.1, -0.05) is 0 Å². The molecule has 2 fully saturated rings. The van der Waals surface area contributed by atoms with Gasteiger partial charge in [-0.05, 0) is 25.0 Å². The maximum atomic E-state index is 13.8. The summed E-state index contributed by atoms with van der Waals surface area (Å²) in [6.07, 6.45) is 2.28. The third kappa shape index (κ3) is 3.19. The van der Waals surface area contributed by atoms with E-state index in [1.807, 2.05) is 4.90 Å². The van der Waals surface area contributed by atoms with Crippen molar-refractivity contribution in [1.29, 1.82) is 0 Å². The summed E-state index contributed by atoms with van der Waals surface area (Å²) in [5.74, 6) is 0.812. The van der Waals surface area contributed by atoms with Gasteiger partial charge in [0.25, 0.3) is 0 Å². The zero-order chi connectivity index (χ0) is 15.8. The molecule has 0 atom stereocenters. The highest BCUT2D eigenvalue weighted by molar-refractivity contribution is 5.48. The zero-order valence-corrected chi connectivity index (χ0v) is 12.7. The van der Waals surface area contributed by atoms with Crippen LogP contribution in [0.15, 0.2) is 22.6 Å². The van der Waals surface area contributed by atoms with E-state index in [4.69, 9.17) is 4.42 Å². The number of hydrogen-bond acceptors (Lipinski definition) is 5. The summed E-state index contributed by atoms with van der Waals surface area (Å²) in [5.41, 5.74) is 0.458. The Balaban J connectivity index is 1.34. The minimum atomic E-state index is -0.548. The summed E-state index contributed by atoms with van der Waals surface area (Å²) in [6, 6.07) is 3.72.